The fraction of sp³-hybridized carbons (Fsp3) is 0.647. The fourth-order valence-corrected chi connectivity index (χ4v) is 3.75. The zero-order chi connectivity index (χ0) is 14.0. The number of hydrogen-bond donors (Lipinski definition) is 0. The molecule has 1 aromatic carbocycles. The van der Waals surface area contributed by atoms with Gasteiger partial charge in [-0.1, -0.05) is 30.5 Å². The Hall–Kier alpha value is -0.730. The Morgan fingerprint density at radius 1 is 1.30 bits per heavy atom. The van der Waals surface area contributed by atoms with E-state index in [4.69, 9.17) is 21.1 Å². The average Bonchev–Trinajstić information content (AvgIpc) is 3.08. The van der Waals surface area contributed by atoms with Gasteiger partial charge < -0.3 is 9.47 Å². The van der Waals surface area contributed by atoms with Crippen LogP contribution in [0.4, 0.5) is 0 Å². The minimum absolute atomic E-state index is 0.191. The van der Waals surface area contributed by atoms with Crippen LogP contribution in [0.2, 0.25) is 0 Å². The summed E-state index contributed by atoms with van der Waals surface area (Å²) in [5.41, 5.74) is 2.48. The van der Waals surface area contributed by atoms with E-state index in [1.807, 2.05) is 6.07 Å². The monoisotopic (exact) mass is 294 g/mol. The summed E-state index contributed by atoms with van der Waals surface area (Å²) in [6, 6.07) is 6.18. The van der Waals surface area contributed by atoms with Crippen molar-refractivity contribution in [2.24, 2.45) is 0 Å². The molecule has 0 N–H and O–H groups in total. The SMILES string of the molecule is Cc1ccc(OCC2CCC3(CCCC3)O2)c(CCl)c1. The second kappa shape index (κ2) is 5.95. The van der Waals surface area contributed by atoms with Crippen molar-refractivity contribution in [1.82, 2.24) is 0 Å². The summed E-state index contributed by atoms with van der Waals surface area (Å²) in [5, 5.41) is 0. The molecule has 1 saturated heterocycles. The molecule has 1 unspecified atom stereocenters. The molecule has 1 saturated carbocycles. The molecule has 0 aromatic heterocycles. The summed E-state index contributed by atoms with van der Waals surface area (Å²) in [7, 11) is 0. The summed E-state index contributed by atoms with van der Waals surface area (Å²) in [4.78, 5) is 0. The summed E-state index contributed by atoms with van der Waals surface area (Å²) >= 11 is 5.99. The Morgan fingerprint density at radius 3 is 2.85 bits per heavy atom. The van der Waals surface area contributed by atoms with Crippen molar-refractivity contribution in [3.8, 4) is 5.75 Å². The van der Waals surface area contributed by atoms with Crippen LogP contribution < -0.4 is 4.74 Å². The van der Waals surface area contributed by atoms with Crippen LogP contribution in [-0.4, -0.2) is 18.3 Å². The Morgan fingerprint density at radius 2 is 2.10 bits per heavy atom. The molecule has 110 valence electrons. The quantitative estimate of drug-likeness (QED) is 0.755. The maximum absolute atomic E-state index is 6.27. The third-order valence-electron chi connectivity index (χ3n) is 4.64. The number of alkyl halides is 1. The van der Waals surface area contributed by atoms with Crippen LogP contribution in [0.3, 0.4) is 0 Å². The first-order valence-corrected chi connectivity index (χ1v) is 8.20. The number of hydrogen-bond acceptors (Lipinski definition) is 2. The van der Waals surface area contributed by atoms with Gasteiger partial charge in [0.05, 0.1) is 17.6 Å². The molecule has 1 heterocycles. The van der Waals surface area contributed by atoms with Crippen LogP contribution in [0.5, 0.6) is 5.75 Å². The molecule has 1 atom stereocenters. The van der Waals surface area contributed by atoms with E-state index in [2.05, 4.69) is 19.1 Å². The van der Waals surface area contributed by atoms with Gasteiger partial charge in [0.1, 0.15) is 12.4 Å². The Bertz CT molecular complexity index is 466. The highest BCUT2D eigenvalue weighted by atomic mass is 35.5. The highest BCUT2D eigenvalue weighted by Gasteiger charge is 2.42. The van der Waals surface area contributed by atoms with Crippen LogP contribution >= 0.6 is 11.6 Å². The van der Waals surface area contributed by atoms with Crippen molar-refractivity contribution in [3.05, 3.63) is 29.3 Å². The molecule has 0 bridgehead atoms. The fourth-order valence-electron chi connectivity index (χ4n) is 3.54. The molecular formula is C17H23ClO2. The zero-order valence-electron chi connectivity index (χ0n) is 12.2. The molecule has 0 amide bonds. The predicted molar refractivity (Wildman–Crippen MR) is 81.5 cm³/mol. The predicted octanol–water partition coefficient (Wildman–Crippen LogP) is 4.60. The number of halogens is 1. The zero-order valence-corrected chi connectivity index (χ0v) is 12.9. The maximum atomic E-state index is 6.27. The highest BCUT2D eigenvalue weighted by Crippen LogP contribution is 2.43. The van der Waals surface area contributed by atoms with Crippen molar-refractivity contribution in [1.29, 1.82) is 0 Å². The van der Waals surface area contributed by atoms with Crippen molar-refractivity contribution in [3.63, 3.8) is 0 Å². The minimum atomic E-state index is 0.191. The first-order chi connectivity index (χ1) is 9.71. The second-order valence-electron chi connectivity index (χ2n) is 6.22. The van der Waals surface area contributed by atoms with Gasteiger partial charge >= 0.3 is 0 Å². The molecule has 0 radical (unpaired) electrons. The van der Waals surface area contributed by atoms with Crippen molar-refractivity contribution >= 4 is 11.6 Å². The van der Waals surface area contributed by atoms with Crippen LogP contribution in [-0.2, 0) is 10.6 Å². The lowest BCUT2D eigenvalue weighted by atomic mass is 9.98. The van der Waals surface area contributed by atoms with E-state index in [9.17, 15) is 0 Å². The smallest absolute Gasteiger partial charge is 0.123 e. The number of rotatable bonds is 4. The van der Waals surface area contributed by atoms with Gasteiger partial charge in [0.15, 0.2) is 0 Å². The Balaban J connectivity index is 1.57. The lowest BCUT2D eigenvalue weighted by molar-refractivity contribution is -0.0509. The summed E-state index contributed by atoms with van der Waals surface area (Å²) in [6.07, 6.45) is 7.70. The molecule has 1 aromatic rings. The van der Waals surface area contributed by atoms with Crippen LogP contribution in [0, 0.1) is 6.92 Å². The van der Waals surface area contributed by atoms with Crippen molar-refractivity contribution < 1.29 is 9.47 Å². The van der Waals surface area contributed by atoms with Gasteiger partial charge in [0, 0.05) is 5.56 Å². The number of ether oxygens (including phenoxy) is 2. The average molecular weight is 295 g/mol. The van der Waals surface area contributed by atoms with Gasteiger partial charge in [0.2, 0.25) is 0 Å². The normalized spacial score (nSPS) is 24.4. The summed E-state index contributed by atoms with van der Waals surface area (Å²) in [5.74, 6) is 1.40. The molecule has 2 nitrogen and oxygen atoms in total. The summed E-state index contributed by atoms with van der Waals surface area (Å²) in [6.45, 7) is 2.72. The standard InChI is InChI=1S/C17H23ClO2/c1-13-4-5-16(14(10-13)11-18)19-12-15-6-9-17(20-15)7-2-3-8-17/h4-5,10,15H,2-3,6-9,11-12H2,1H3. The minimum Gasteiger partial charge on any atom is -0.491 e. The number of aryl methyl sites for hydroxylation is 1. The van der Waals surface area contributed by atoms with Crippen molar-refractivity contribution in [2.45, 2.75) is 63.0 Å². The van der Waals surface area contributed by atoms with Gasteiger partial charge in [-0.3, -0.25) is 0 Å². The van der Waals surface area contributed by atoms with Crippen LogP contribution in [0.15, 0.2) is 18.2 Å². The van der Waals surface area contributed by atoms with Gasteiger partial charge in [-0.15, -0.1) is 11.6 Å². The van der Waals surface area contributed by atoms with Crippen LogP contribution in [0.1, 0.15) is 49.7 Å². The number of benzene rings is 1. The largest absolute Gasteiger partial charge is 0.491 e. The maximum Gasteiger partial charge on any atom is 0.123 e. The Labute approximate surface area is 126 Å². The molecule has 1 aliphatic heterocycles. The molecule has 2 fully saturated rings. The van der Waals surface area contributed by atoms with Gasteiger partial charge in [-0.25, -0.2) is 0 Å². The Kier molecular flexibility index (Phi) is 4.23. The van der Waals surface area contributed by atoms with Gasteiger partial charge in [0.25, 0.3) is 0 Å². The molecular weight excluding hydrogens is 272 g/mol. The van der Waals surface area contributed by atoms with Gasteiger partial charge in [-0.05, 0) is 38.7 Å². The molecule has 3 heteroatoms. The van der Waals surface area contributed by atoms with E-state index in [1.165, 1.54) is 37.7 Å². The third kappa shape index (κ3) is 2.96. The first-order valence-electron chi connectivity index (χ1n) is 7.67. The van der Waals surface area contributed by atoms with E-state index in [1.54, 1.807) is 0 Å². The first kappa shape index (κ1) is 14.2. The molecule has 1 spiro atoms. The van der Waals surface area contributed by atoms with Crippen LogP contribution in [0.25, 0.3) is 0 Å². The molecule has 3 rings (SSSR count). The van der Waals surface area contributed by atoms with E-state index in [0.717, 1.165) is 17.7 Å². The molecule has 20 heavy (non-hydrogen) atoms. The molecule has 2 aliphatic rings. The summed E-state index contributed by atoms with van der Waals surface area (Å²) < 4.78 is 12.2. The van der Waals surface area contributed by atoms with Crippen molar-refractivity contribution in [2.75, 3.05) is 6.61 Å². The third-order valence-corrected chi connectivity index (χ3v) is 4.93. The lowest BCUT2D eigenvalue weighted by Gasteiger charge is -2.24. The van der Waals surface area contributed by atoms with E-state index in [-0.39, 0.29) is 11.7 Å². The topological polar surface area (TPSA) is 18.5 Å². The van der Waals surface area contributed by atoms with E-state index < -0.39 is 0 Å². The lowest BCUT2D eigenvalue weighted by Crippen LogP contribution is -2.27. The van der Waals surface area contributed by atoms with E-state index >= 15 is 0 Å². The highest BCUT2D eigenvalue weighted by molar-refractivity contribution is 6.17. The van der Waals surface area contributed by atoms with Gasteiger partial charge in [-0.2, -0.15) is 0 Å². The second-order valence-corrected chi connectivity index (χ2v) is 6.49. The van der Waals surface area contributed by atoms with E-state index in [0.29, 0.717) is 12.5 Å². The molecule has 1 aliphatic carbocycles.